The molecule has 0 radical (unpaired) electrons. The second-order valence-corrected chi connectivity index (χ2v) is 4.92. The first-order valence-corrected chi connectivity index (χ1v) is 6.47. The second-order valence-electron chi connectivity index (χ2n) is 4.92. The Morgan fingerprint density at radius 1 is 1.39 bits per heavy atom. The number of rotatable bonds is 5. The number of carbonyl (C=O) groups is 2. The van der Waals surface area contributed by atoms with E-state index in [0.717, 1.165) is 6.54 Å². The maximum atomic E-state index is 11.6. The minimum absolute atomic E-state index is 0.0837. The third-order valence-electron chi connectivity index (χ3n) is 3.54. The molecule has 1 saturated heterocycles. The smallest absolute Gasteiger partial charge is 0.310 e. The first-order chi connectivity index (χ1) is 8.49. The molecule has 1 heterocycles. The number of carbonyl (C=O) groups excluding carboxylic acids is 2. The van der Waals surface area contributed by atoms with E-state index in [4.69, 9.17) is 9.47 Å². The van der Waals surface area contributed by atoms with Gasteiger partial charge in [-0.3, -0.25) is 14.5 Å². The first kappa shape index (κ1) is 15.0. The third kappa shape index (κ3) is 3.70. The molecule has 1 rings (SSSR count). The van der Waals surface area contributed by atoms with Crippen molar-refractivity contribution >= 4 is 11.9 Å². The van der Waals surface area contributed by atoms with Crippen molar-refractivity contribution in [2.45, 2.75) is 33.2 Å². The molecule has 104 valence electrons. The minimum Gasteiger partial charge on any atom is -0.469 e. The van der Waals surface area contributed by atoms with E-state index in [2.05, 4.69) is 4.90 Å². The molecule has 0 bridgehead atoms. The number of hydrogen-bond acceptors (Lipinski definition) is 5. The first-order valence-electron chi connectivity index (χ1n) is 6.47. The van der Waals surface area contributed by atoms with Gasteiger partial charge in [-0.15, -0.1) is 0 Å². The summed E-state index contributed by atoms with van der Waals surface area (Å²) in [5.41, 5.74) is 0. The largest absolute Gasteiger partial charge is 0.469 e. The Morgan fingerprint density at radius 3 is 2.61 bits per heavy atom. The van der Waals surface area contributed by atoms with Gasteiger partial charge in [0.2, 0.25) is 0 Å². The van der Waals surface area contributed by atoms with Crippen molar-refractivity contribution in [1.29, 1.82) is 0 Å². The number of methoxy groups -OCH3 is 1. The molecular weight excluding hydrogens is 234 g/mol. The lowest BCUT2D eigenvalue weighted by atomic mass is 9.99. The highest BCUT2D eigenvalue weighted by Crippen LogP contribution is 2.26. The molecule has 0 saturated carbocycles. The van der Waals surface area contributed by atoms with Crippen LogP contribution in [0.1, 0.15) is 27.2 Å². The van der Waals surface area contributed by atoms with Crippen LogP contribution in [0.5, 0.6) is 0 Å². The zero-order valence-corrected chi connectivity index (χ0v) is 11.6. The van der Waals surface area contributed by atoms with Gasteiger partial charge in [0.15, 0.2) is 0 Å². The van der Waals surface area contributed by atoms with Crippen LogP contribution in [0.4, 0.5) is 0 Å². The molecule has 5 heteroatoms. The Hall–Kier alpha value is -1.10. The lowest BCUT2D eigenvalue weighted by molar-refractivity contribution is -0.146. The summed E-state index contributed by atoms with van der Waals surface area (Å²) < 4.78 is 9.73. The van der Waals surface area contributed by atoms with Crippen molar-refractivity contribution in [2.75, 3.05) is 26.8 Å². The highest BCUT2D eigenvalue weighted by molar-refractivity contribution is 5.73. The number of ether oxygens (including phenoxy) is 2. The number of hydrogen-bond donors (Lipinski definition) is 0. The molecule has 0 amide bonds. The molecule has 1 aliphatic heterocycles. The zero-order chi connectivity index (χ0) is 13.7. The second kappa shape index (κ2) is 6.73. The van der Waals surface area contributed by atoms with Gasteiger partial charge < -0.3 is 9.47 Å². The molecule has 18 heavy (non-hydrogen) atoms. The highest BCUT2D eigenvalue weighted by atomic mass is 16.5. The van der Waals surface area contributed by atoms with E-state index in [0.29, 0.717) is 19.6 Å². The molecule has 0 spiro atoms. The molecular formula is C13H23NO4. The summed E-state index contributed by atoms with van der Waals surface area (Å²) in [6.07, 6.45) is 0.369. The van der Waals surface area contributed by atoms with E-state index in [-0.39, 0.29) is 29.8 Å². The van der Waals surface area contributed by atoms with Crippen LogP contribution < -0.4 is 0 Å². The molecule has 1 aliphatic rings. The average molecular weight is 257 g/mol. The molecule has 1 fully saturated rings. The van der Waals surface area contributed by atoms with Crippen LogP contribution in [0.15, 0.2) is 0 Å². The van der Waals surface area contributed by atoms with Gasteiger partial charge in [-0.05, 0) is 19.8 Å². The topological polar surface area (TPSA) is 55.8 Å². The Morgan fingerprint density at radius 2 is 2.06 bits per heavy atom. The van der Waals surface area contributed by atoms with Crippen LogP contribution >= 0.6 is 0 Å². The maximum Gasteiger partial charge on any atom is 0.310 e. The fraction of sp³-hybridized carbons (Fsp3) is 0.846. The normalized spacial score (nSPS) is 25.8. The SMILES string of the molecule is CCOC(=O)CC(C)N1CC(C)C(C(=O)OC)C1. The van der Waals surface area contributed by atoms with Gasteiger partial charge in [0, 0.05) is 19.1 Å². The van der Waals surface area contributed by atoms with Gasteiger partial charge in [0.25, 0.3) is 0 Å². The summed E-state index contributed by atoms with van der Waals surface area (Å²) in [7, 11) is 1.42. The molecule has 0 N–H and O–H groups in total. The lowest BCUT2D eigenvalue weighted by Gasteiger charge is -2.23. The predicted octanol–water partition coefficient (Wildman–Crippen LogP) is 1.07. The van der Waals surface area contributed by atoms with Crippen LogP contribution in [-0.4, -0.2) is 49.7 Å². The summed E-state index contributed by atoms with van der Waals surface area (Å²) in [5.74, 6) is -0.158. The van der Waals surface area contributed by atoms with Gasteiger partial charge in [0.1, 0.15) is 0 Å². The van der Waals surface area contributed by atoms with Crippen molar-refractivity contribution in [2.24, 2.45) is 11.8 Å². The van der Waals surface area contributed by atoms with Crippen molar-refractivity contribution in [3.05, 3.63) is 0 Å². The molecule has 0 aromatic heterocycles. The Labute approximate surface area is 108 Å². The molecule has 3 unspecified atom stereocenters. The summed E-state index contributed by atoms with van der Waals surface area (Å²) in [6, 6.07) is 0.0983. The molecule has 0 aromatic rings. The van der Waals surface area contributed by atoms with Gasteiger partial charge in [-0.1, -0.05) is 6.92 Å². The Bertz CT molecular complexity index is 305. The maximum absolute atomic E-state index is 11.6. The standard InChI is InChI=1S/C13H23NO4/c1-5-18-12(15)6-10(3)14-7-9(2)11(8-14)13(16)17-4/h9-11H,5-8H2,1-4H3. The predicted molar refractivity (Wildman–Crippen MR) is 67.0 cm³/mol. The van der Waals surface area contributed by atoms with Crippen molar-refractivity contribution in [3.63, 3.8) is 0 Å². The van der Waals surface area contributed by atoms with Crippen LogP contribution in [0, 0.1) is 11.8 Å². The molecule has 0 aliphatic carbocycles. The van der Waals surface area contributed by atoms with Gasteiger partial charge in [-0.25, -0.2) is 0 Å². The van der Waals surface area contributed by atoms with Gasteiger partial charge in [0.05, 0.1) is 26.1 Å². The van der Waals surface area contributed by atoms with E-state index >= 15 is 0 Å². The van der Waals surface area contributed by atoms with E-state index in [9.17, 15) is 9.59 Å². The summed E-state index contributed by atoms with van der Waals surface area (Å²) >= 11 is 0. The van der Waals surface area contributed by atoms with Crippen LogP contribution in [0.3, 0.4) is 0 Å². The van der Waals surface area contributed by atoms with Crippen LogP contribution in [0.25, 0.3) is 0 Å². The fourth-order valence-electron chi connectivity index (χ4n) is 2.41. The summed E-state index contributed by atoms with van der Waals surface area (Å²) in [5, 5.41) is 0. The van der Waals surface area contributed by atoms with Crippen molar-refractivity contribution < 1.29 is 19.1 Å². The molecule has 0 aromatic carbocycles. The van der Waals surface area contributed by atoms with Gasteiger partial charge in [-0.2, -0.15) is 0 Å². The van der Waals surface area contributed by atoms with Crippen LogP contribution in [-0.2, 0) is 19.1 Å². The van der Waals surface area contributed by atoms with E-state index in [1.807, 2.05) is 13.8 Å². The number of likely N-dealkylation sites (tertiary alicyclic amines) is 1. The monoisotopic (exact) mass is 257 g/mol. The van der Waals surface area contributed by atoms with E-state index in [1.54, 1.807) is 6.92 Å². The van der Waals surface area contributed by atoms with E-state index < -0.39 is 0 Å². The van der Waals surface area contributed by atoms with E-state index in [1.165, 1.54) is 7.11 Å². The van der Waals surface area contributed by atoms with Crippen molar-refractivity contribution in [3.8, 4) is 0 Å². The Balaban J connectivity index is 2.49. The minimum atomic E-state index is -0.181. The quantitative estimate of drug-likeness (QED) is 0.690. The van der Waals surface area contributed by atoms with Crippen molar-refractivity contribution in [1.82, 2.24) is 4.90 Å². The lowest BCUT2D eigenvalue weighted by Crippen LogP contribution is -2.34. The third-order valence-corrected chi connectivity index (χ3v) is 3.54. The number of nitrogens with zero attached hydrogens (tertiary/aromatic N) is 1. The molecule has 3 atom stereocenters. The van der Waals surface area contributed by atoms with Crippen LogP contribution in [0.2, 0.25) is 0 Å². The number of esters is 2. The average Bonchev–Trinajstić information content (AvgIpc) is 2.70. The summed E-state index contributed by atoms with van der Waals surface area (Å²) in [6.45, 7) is 7.72. The summed E-state index contributed by atoms with van der Waals surface area (Å²) in [4.78, 5) is 25.2. The highest BCUT2D eigenvalue weighted by Gasteiger charge is 2.37. The fourth-order valence-corrected chi connectivity index (χ4v) is 2.41. The zero-order valence-electron chi connectivity index (χ0n) is 11.6. The molecule has 5 nitrogen and oxygen atoms in total. The Kier molecular flexibility index (Phi) is 5.59. The van der Waals surface area contributed by atoms with Gasteiger partial charge >= 0.3 is 11.9 Å².